The van der Waals surface area contributed by atoms with E-state index in [9.17, 15) is 8.42 Å². The number of hydrogen-bond acceptors (Lipinski definition) is 3. The van der Waals surface area contributed by atoms with Gasteiger partial charge < -0.3 is 5.32 Å². The normalized spacial score (nSPS) is 21.8. The summed E-state index contributed by atoms with van der Waals surface area (Å²) < 4.78 is 24.1. The predicted molar refractivity (Wildman–Crippen MR) is 73.4 cm³/mol. The second kappa shape index (κ2) is 4.67. The Hall–Kier alpha value is -0.870. The first-order valence-electron chi connectivity index (χ1n) is 6.45. The second-order valence-corrected chi connectivity index (χ2v) is 7.65. The Labute approximate surface area is 110 Å². The third-order valence-electron chi connectivity index (χ3n) is 3.46. The lowest BCUT2D eigenvalue weighted by Crippen LogP contribution is -2.42. The highest BCUT2D eigenvalue weighted by Crippen LogP contribution is 2.34. The molecule has 0 amide bonds. The van der Waals surface area contributed by atoms with Gasteiger partial charge in [-0.3, -0.25) is 0 Å². The molecule has 0 saturated heterocycles. The fourth-order valence-corrected chi connectivity index (χ4v) is 4.48. The Kier molecular flexibility index (Phi) is 3.52. The largest absolute Gasteiger partial charge is 0.304 e. The van der Waals surface area contributed by atoms with E-state index in [1.54, 1.807) is 12.1 Å². The van der Waals surface area contributed by atoms with Crippen molar-refractivity contribution in [3.05, 3.63) is 29.8 Å². The van der Waals surface area contributed by atoms with Crippen molar-refractivity contribution in [1.29, 1.82) is 0 Å². The predicted octanol–water partition coefficient (Wildman–Crippen LogP) is 2.68. The molecule has 0 bridgehead atoms. The first kappa shape index (κ1) is 13.6. The summed E-state index contributed by atoms with van der Waals surface area (Å²) >= 11 is 0. The van der Waals surface area contributed by atoms with Gasteiger partial charge in [-0.05, 0) is 31.9 Å². The summed E-state index contributed by atoms with van der Waals surface area (Å²) in [6.07, 6.45) is 2.12. The van der Waals surface area contributed by atoms with Gasteiger partial charge in [0.25, 0.3) is 0 Å². The average Bonchev–Trinajstić information content (AvgIpc) is 2.51. The number of fused-ring (bicyclic) bond motifs is 1. The van der Waals surface area contributed by atoms with Crippen molar-refractivity contribution < 1.29 is 8.42 Å². The molecule has 0 aromatic heterocycles. The van der Waals surface area contributed by atoms with E-state index < -0.39 is 9.84 Å². The molecular formula is C14H21NO2S. The minimum absolute atomic E-state index is 0.0353. The molecule has 0 spiro atoms. The summed E-state index contributed by atoms with van der Waals surface area (Å²) in [4.78, 5) is 0.495. The van der Waals surface area contributed by atoms with Crippen molar-refractivity contribution in [2.45, 2.75) is 50.1 Å². The Bertz CT molecular complexity index is 534. The van der Waals surface area contributed by atoms with Gasteiger partial charge in [0.05, 0.1) is 10.6 Å². The van der Waals surface area contributed by atoms with Gasteiger partial charge >= 0.3 is 0 Å². The van der Waals surface area contributed by atoms with E-state index in [4.69, 9.17) is 0 Å². The number of hydrogen-bond donors (Lipinski definition) is 1. The zero-order chi connectivity index (χ0) is 13.4. The van der Waals surface area contributed by atoms with Crippen molar-refractivity contribution in [2.75, 3.05) is 5.75 Å². The van der Waals surface area contributed by atoms with E-state index in [2.05, 4.69) is 26.1 Å². The third kappa shape index (κ3) is 2.59. The highest BCUT2D eigenvalue weighted by Gasteiger charge is 2.36. The molecule has 1 N–H and O–H groups in total. The van der Waals surface area contributed by atoms with E-state index in [0.29, 0.717) is 4.90 Å². The molecule has 2 rings (SSSR count). The lowest BCUT2D eigenvalue weighted by atomic mass is 9.96. The van der Waals surface area contributed by atoms with Gasteiger partial charge in [-0.25, -0.2) is 8.42 Å². The summed E-state index contributed by atoms with van der Waals surface area (Å²) in [6.45, 7) is 6.40. The molecule has 3 nitrogen and oxygen atoms in total. The molecular weight excluding hydrogens is 246 g/mol. The molecule has 4 heteroatoms. The fraction of sp³-hybridized carbons (Fsp3) is 0.571. The molecule has 0 fully saturated rings. The zero-order valence-corrected chi connectivity index (χ0v) is 12.0. The monoisotopic (exact) mass is 267 g/mol. The van der Waals surface area contributed by atoms with E-state index >= 15 is 0 Å². The van der Waals surface area contributed by atoms with Gasteiger partial charge in [-0.1, -0.05) is 31.5 Å². The van der Waals surface area contributed by atoms with Crippen LogP contribution in [0.4, 0.5) is 0 Å². The molecule has 0 saturated carbocycles. The van der Waals surface area contributed by atoms with Gasteiger partial charge in [0, 0.05) is 11.6 Å². The van der Waals surface area contributed by atoms with Crippen LogP contribution in [0.3, 0.4) is 0 Å². The van der Waals surface area contributed by atoms with Crippen LogP contribution in [0.1, 0.15) is 45.2 Å². The Morgan fingerprint density at radius 1 is 1.33 bits per heavy atom. The molecule has 1 unspecified atom stereocenters. The Morgan fingerprint density at radius 2 is 2.00 bits per heavy atom. The molecule has 1 aromatic carbocycles. The van der Waals surface area contributed by atoms with Crippen molar-refractivity contribution in [2.24, 2.45) is 0 Å². The molecule has 1 aliphatic rings. The van der Waals surface area contributed by atoms with Gasteiger partial charge in [0.15, 0.2) is 9.84 Å². The van der Waals surface area contributed by atoms with E-state index in [1.807, 2.05) is 12.1 Å². The highest BCUT2D eigenvalue weighted by atomic mass is 32.2. The third-order valence-corrected chi connectivity index (χ3v) is 5.27. The van der Waals surface area contributed by atoms with Crippen LogP contribution >= 0.6 is 0 Å². The molecule has 1 aromatic rings. The van der Waals surface area contributed by atoms with Crippen LogP contribution in [-0.4, -0.2) is 19.7 Å². The number of benzene rings is 1. The smallest absolute Gasteiger partial charge is 0.180 e. The number of rotatable bonds is 4. The van der Waals surface area contributed by atoms with E-state index in [-0.39, 0.29) is 17.3 Å². The maximum atomic E-state index is 12.1. The van der Waals surface area contributed by atoms with Crippen LogP contribution in [0.15, 0.2) is 29.2 Å². The number of sulfone groups is 1. The molecule has 100 valence electrons. The minimum Gasteiger partial charge on any atom is -0.304 e. The second-order valence-electron chi connectivity index (χ2n) is 5.65. The van der Waals surface area contributed by atoms with Crippen molar-refractivity contribution in [3.8, 4) is 0 Å². The summed E-state index contributed by atoms with van der Waals surface area (Å²) in [6, 6.07) is 7.24. The van der Waals surface area contributed by atoms with Gasteiger partial charge in [0.1, 0.15) is 0 Å². The van der Waals surface area contributed by atoms with E-state index in [1.165, 1.54) is 0 Å². The molecule has 1 atom stereocenters. The quantitative estimate of drug-likeness (QED) is 0.912. The van der Waals surface area contributed by atoms with Crippen LogP contribution in [0.5, 0.6) is 0 Å². The standard InChI is InChI=1S/C14H21NO2S/c1-4-9-14(2,3)15-12-10-18(16,17)13-8-6-5-7-11(12)13/h5-8,12,15H,4,9-10H2,1-3H3. The zero-order valence-electron chi connectivity index (χ0n) is 11.2. The first-order valence-corrected chi connectivity index (χ1v) is 8.10. The SMILES string of the molecule is CCCC(C)(C)NC1CS(=O)(=O)c2ccccc21. The van der Waals surface area contributed by atoms with Crippen molar-refractivity contribution in [1.82, 2.24) is 5.32 Å². The topological polar surface area (TPSA) is 46.2 Å². The van der Waals surface area contributed by atoms with E-state index in [0.717, 1.165) is 18.4 Å². The summed E-state index contributed by atoms with van der Waals surface area (Å²) in [7, 11) is -3.10. The van der Waals surface area contributed by atoms with Crippen LogP contribution in [0, 0.1) is 0 Å². The average molecular weight is 267 g/mol. The minimum atomic E-state index is -3.10. The molecule has 0 radical (unpaired) electrons. The van der Waals surface area contributed by atoms with Crippen LogP contribution < -0.4 is 5.32 Å². The lowest BCUT2D eigenvalue weighted by Gasteiger charge is -2.29. The molecule has 1 heterocycles. The summed E-state index contributed by atoms with van der Waals surface area (Å²) in [5.74, 6) is 0.180. The van der Waals surface area contributed by atoms with Gasteiger partial charge in [0.2, 0.25) is 0 Å². The lowest BCUT2D eigenvalue weighted by molar-refractivity contribution is 0.326. The number of nitrogens with one attached hydrogen (secondary N) is 1. The molecule has 0 aliphatic carbocycles. The van der Waals surface area contributed by atoms with Crippen LogP contribution in [0.25, 0.3) is 0 Å². The molecule has 1 aliphatic heterocycles. The van der Waals surface area contributed by atoms with Gasteiger partial charge in [-0.2, -0.15) is 0 Å². The van der Waals surface area contributed by atoms with Crippen LogP contribution in [-0.2, 0) is 9.84 Å². The van der Waals surface area contributed by atoms with Crippen molar-refractivity contribution >= 4 is 9.84 Å². The highest BCUT2D eigenvalue weighted by molar-refractivity contribution is 7.91. The maximum Gasteiger partial charge on any atom is 0.180 e. The van der Waals surface area contributed by atoms with Gasteiger partial charge in [-0.15, -0.1) is 0 Å². The first-order chi connectivity index (χ1) is 8.36. The fourth-order valence-electron chi connectivity index (χ4n) is 2.74. The summed E-state index contributed by atoms with van der Waals surface area (Å²) in [5, 5.41) is 3.49. The Balaban J connectivity index is 2.29. The van der Waals surface area contributed by atoms with Crippen molar-refractivity contribution in [3.63, 3.8) is 0 Å². The van der Waals surface area contributed by atoms with Crippen LogP contribution in [0.2, 0.25) is 0 Å². The Morgan fingerprint density at radius 3 is 2.67 bits per heavy atom. The maximum absolute atomic E-state index is 12.1. The summed E-state index contributed by atoms with van der Waals surface area (Å²) in [5.41, 5.74) is 0.883. The molecule has 18 heavy (non-hydrogen) atoms.